The summed E-state index contributed by atoms with van der Waals surface area (Å²) in [4.78, 5) is 13.2. The van der Waals surface area contributed by atoms with Gasteiger partial charge in [-0.05, 0) is 19.3 Å². The Morgan fingerprint density at radius 2 is 0.849 bits per heavy atom. The van der Waals surface area contributed by atoms with Gasteiger partial charge in [0.25, 0.3) is 0 Å². The number of hydrogen-bond acceptors (Lipinski definition) is 18. The van der Waals surface area contributed by atoms with Gasteiger partial charge >= 0.3 is 0 Å². The van der Waals surface area contributed by atoms with E-state index in [2.05, 4.69) is 19.2 Å². The van der Waals surface area contributed by atoms with Crippen molar-refractivity contribution in [1.29, 1.82) is 0 Å². The third-order valence-corrected chi connectivity index (χ3v) is 14.6. The summed E-state index contributed by atoms with van der Waals surface area (Å²) in [5.74, 6) is -0.277. The fraction of sp³-hybridized carbons (Fsp3) is 0.944. The number of aliphatic hydroxyl groups is 11. The number of carbonyl (C=O) groups is 1. The predicted molar refractivity (Wildman–Crippen MR) is 273 cm³/mol. The topological polar surface area (TPSA) is 307 Å². The Kier molecular flexibility index (Phi) is 35.1. The van der Waals surface area contributed by atoms with Gasteiger partial charge in [-0.15, -0.1) is 0 Å². The SMILES string of the molecule is CCCCCCCCCCCCCCCCCC/C=C/C(O)C(COC1OC(CO)C(OC2OC(CO)C(OC3OC(CO)C(O)C(O)C3O)C(O)C2O)C(O)C1O)NC(=O)CCCCCCCCCCCC. The summed E-state index contributed by atoms with van der Waals surface area (Å²) in [6.45, 7) is 1.70. The molecule has 0 aliphatic carbocycles. The number of carbonyl (C=O) groups excluding carboxylic acids is 1. The molecule has 12 N–H and O–H groups in total. The first-order chi connectivity index (χ1) is 35.3. The quantitative estimate of drug-likeness (QED) is 0.0306. The van der Waals surface area contributed by atoms with E-state index in [1.807, 2.05) is 6.08 Å². The highest BCUT2D eigenvalue weighted by Crippen LogP contribution is 2.33. The molecule has 3 saturated heterocycles. The number of nitrogens with one attached hydrogen (secondary N) is 1. The van der Waals surface area contributed by atoms with Crippen molar-refractivity contribution in [3.05, 3.63) is 12.2 Å². The van der Waals surface area contributed by atoms with Crippen molar-refractivity contribution in [3.8, 4) is 0 Å². The Bertz CT molecular complexity index is 1400. The van der Waals surface area contributed by atoms with Crippen LogP contribution in [0.5, 0.6) is 0 Å². The van der Waals surface area contributed by atoms with Crippen LogP contribution in [-0.4, -0.2) is 193 Å². The minimum Gasteiger partial charge on any atom is -0.394 e. The van der Waals surface area contributed by atoms with Crippen LogP contribution in [0.1, 0.15) is 194 Å². The van der Waals surface area contributed by atoms with Crippen LogP contribution in [0.25, 0.3) is 0 Å². The molecule has 0 spiro atoms. The second kappa shape index (κ2) is 39.0. The number of hydrogen-bond donors (Lipinski definition) is 12. The maximum atomic E-state index is 13.2. The highest BCUT2D eigenvalue weighted by molar-refractivity contribution is 5.76. The van der Waals surface area contributed by atoms with Gasteiger partial charge in [-0.2, -0.15) is 0 Å². The van der Waals surface area contributed by atoms with Gasteiger partial charge in [0, 0.05) is 6.42 Å². The minimum atomic E-state index is -1.97. The van der Waals surface area contributed by atoms with Crippen molar-refractivity contribution in [2.24, 2.45) is 0 Å². The molecule has 3 fully saturated rings. The summed E-state index contributed by atoms with van der Waals surface area (Å²) < 4.78 is 34.2. The number of allylic oxidation sites excluding steroid dienone is 1. The van der Waals surface area contributed by atoms with E-state index in [0.717, 1.165) is 44.9 Å². The standard InChI is InChI=1S/C54H101NO18/c1-3-5-7-9-11-13-15-16-17-18-19-20-21-22-23-25-27-29-31-38(59)37(55-42(60)32-30-28-26-24-14-12-10-8-6-4-2)36-68-52-48(66)45(63)50(40(34-57)70-52)73-54-49(67)46(64)51(41(35-58)71-54)72-53-47(65)44(62)43(61)39(33-56)69-53/h29,31,37-41,43-54,56-59,61-67H,3-28,30,32-36H2,1-2H3,(H,55,60)/b31-29+. The largest absolute Gasteiger partial charge is 0.394 e. The molecule has 430 valence electrons. The number of unbranched alkanes of at least 4 members (excludes halogenated alkanes) is 25. The van der Waals surface area contributed by atoms with Crippen molar-refractivity contribution in [2.75, 3.05) is 26.4 Å². The van der Waals surface area contributed by atoms with Crippen molar-refractivity contribution in [3.63, 3.8) is 0 Å². The van der Waals surface area contributed by atoms with Crippen LogP contribution in [0.4, 0.5) is 0 Å². The first-order valence-corrected chi connectivity index (χ1v) is 28.4. The van der Waals surface area contributed by atoms with Crippen molar-refractivity contribution >= 4 is 5.91 Å². The van der Waals surface area contributed by atoms with E-state index >= 15 is 0 Å². The van der Waals surface area contributed by atoms with E-state index in [0.29, 0.717) is 6.42 Å². The van der Waals surface area contributed by atoms with Gasteiger partial charge in [0.1, 0.15) is 73.2 Å². The summed E-state index contributed by atoms with van der Waals surface area (Å²) in [6.07, 6.45) is 9.23. The van der Waals surface area contributed by atoms with E-state index in [1.54, 1.807) is 6.08 Å². The molecular weight excluding hydrogens is 951 g/mol. The summed E-state index contributed by atoms with van der Waals surface area (Å²) in [7, 11) is 0. The van der Waals surface area contributed by atoms with Crippen molar-refractivity contribution in [1.82, 2.24) is 5.32 Å². The molecule has 19 heteroatoms. The molecule has 0 radical (unpaired) electrons. The molecule has 3 aliphatic heterocycles. The summed E-state index contributed by atoms with van der Waals surface area (Å²) >= 11 is 0. The Balaban J connectivity index is 1.52. The van der Waals surface area contributed by atoms with Gasteiger partial charge in [0.2, 0.25) is 5.91 Å². The third-order valence-electron chi connectivity index (χ3n) is 14.6. The normalized spacial score (nSPS) is 31.8. The molecule has 3 aliphatic rings. The average molecular weight is 1050 g/mol. The summed E-state index contributed by atoms with van der Waals surface area (Å²) in [5.41, 5.74) is 0. The molecule has 17 atom stereocenters. The lowest BCUT2D eigenvalue weighted by Crippen LogP contribution is -2.66. The molecule has 0 aromatic carbocycles. The van der Waals surface area contributed by atoms with E-state index in [9.17, 15) is 61.0 Å². The fourth-order valence-corrected chi connectivity index (χ4v) is 9.84. The number of amides is 1. The van der Waals surface area contributed by atoms with Crippen LogP contribution < -0.4 is 5.32 Å². The van der Waals surface area contributed by atoms with Gasteiger partial charge in [-0.25, -0.2) is 0 Å². The van der Waals surface area contributed by atoms with Gasteiger partial charge < -0.3 is 89.9 Å². The fourth-order valence-electron chi connectivity index (χ4n) is 9.84. The molecule has 1 amide bonds. The van der Waals surface area contributed by atoms with Crippen molar-refractivity contribution in [2.45, 2.75) is 298 Å². The lowest BCUT2D eigenvalue weighted by Gasteiger charge is -2.48. The zero-order chi connectivity index (χ0) is 53.4. The second-order valence-corrected chi connectivity index (χ2v) is 20.8. The lowest BCUT2D eigenvalue weighted by molar-refractivity contribution is -0.379. The number of rotatable bonds is 41. The second-order valence-electron chi connectivity index (χ2n) is 20.8. The molecule has 3 heterocycles. The Hall–Kier alpha value is -1.47. The van der Waals surface area contributed by atoms with E-state index in [-0.39, 0.29) is 18.9 Å². The predicted octanol–water partition coefficient (Wildman–Crippen LogP) is 3.82. The van der Waals surface area contributed by atoms with E-state index in [1.165, 1.54) is 122 Å². The minimum absolute atomic E-state index is 0.247. The summed E-state index contributed by atoms with van der Waals surface area (Å²) in [6, 6.07) is -0.965. The summed E-state index contributed by atoms with van der Waals surface area (Å²) in [5, 5.41) is 120. The number of aliphatic hydroxyl groups excluding tert-OH is 11. The van der Waals surface area contributed by atoms with E-state index < -0.39 is 124 Å². The third kappa shape index (κ3) is 24.0. The van der Waals surface area contributed by atoms with Crippen LogP contribution in [0, 0.1) is 0 Å². The molecule has 0 bridgehead atoms. The zero-order valence-electron chi connectivity index (χ0n) is 44.4. The van der Waals surface area contributed by atoms with E-state index in [4.69, 9.17) is 28.4 Å². The number of ether oxygens (including phenoxy) is 6. The van der Waals surface area contributed by atoms with Gasteiger partial charge in [-0.3, -0.25) is 4.79 Å². The van der Waals surface area contributed by atoms with Crippen LogP contribution in [0.2, 0.25) is 0 Å². The molecule has 17 unspecified atom stereocenters. The van der Waals surface area contributed by atoms with Crippen LogP contribution in [-0.2, 0) is 33.2 Å². The first-order valence-electron chi connectivity index (χ1n) is 28.4. The molecule has 0 aromatic heterocycles. The Morgan fingerprint density at radius 3 is 1.29 bits per heavy atom. The monoisotopic (exact) mass is 1050 g/mol. The van der Waals surface area contributed by atoms with Crippen LogP contribution in [0.15, 0.2) is 12.2 Å². The van der Waals surface area contributed by atoms with Gasteiger partial charge in [0.05, 0.1) is 38.6 Å². The molecular formula is C54H101NO18. The maximum Gasteiger partial charge on any atom is 0.220 e. The smallest absolute Gasteiger partial charge is 0.220 e. The lowest BCUT2D eigenvalue weighted by atomic mass is 9.96. The Morgan fingerprint density at radius 1 is 0.479 bits per heavy atom. The van der Waals surface area contributed by atoms with Gasteiger partial charge in [0.15, 0.2) is 18.9 Å². The van der Waals surface area contributed by atoms with Crippen molar-refractivity contribution < 1.29 is 89.4 Å². The first kappa shape index (κ1) is 65.8. The van der Waals surface area contributed by atoms with Gasteiger partial charge in [-0.1, -0.05) is 180 Å². The maximum absolute atomic E-state index is 13.2. The molecule has 73 heavy (non-hydrogen) atoms. The van der Waals surface area contributed by atoms with Crippen LogP contribution in [0.3, 0.4) is 0 Å². The Labute approximate surface area is 436 Å². The molecule has 0 saturated carbocycles. The zero-order valence-corrected chi connectivity index (χ0v) is 44.4. The van der Waals surface area contributed by atoms with Crippen LogP contribution >= 0.6 is 0 Å². The highest BCUT2D eigenvalue weighted by atomic mass is 16.8. The molecule has 19 nitrogen and oxygen atoms in total. The molecule has 3 rings (SSSR count). The molecule has 0 aromatic rings. The highest BCUT2D eigenvalue weighted by Gasteiger charge is 2.53. The average Bonchev–Trinajstić information content (AvgIpc) is 3.39.